The number of nitrogens with zero attached hydrogens (tertiary/aromatic N) is 2. The van der Waals surface area contributed by atoms with Crippen LogP contribution in [0.4, 0.5) is 0 Å². The van der Waals surface area contributed by atoms with Gasteiger partial charge in [0.15, 0.2) is 0 Å². The first-order valence-electron chi connectivity index (χ1n) is 6.54. The normalized spacial score (nSPS) is 12.9. The second-order valence-corrected chi connectivity index (χ2v) is 5.54. The maximum absolute atomic E-state index is 4.50. The Morgan fingerprint density at radius 3 is 2.71 bits per heavy atom. The van der Waals surface area contributed by atoms with Crippen molar-refractivity contribution in [3.05, 3.63) is 17.5 Å². The molecule has 0 aromatic carbocycles. The van der Waals surface area contributed by atoms with Gasteiger partial charge < -0.3 is 5.32 Å². The highest BCUT2D eigenvalue weighted by Gasteiger charge is 2.12. The first-order chi connectivity index (χ1) is 8.21. The summed E-state index contributed by atoms with van der Waals surface area (Å²) in [6.45, 7) is 7.57. The number of thioether (sulfide) groups is 1. The molecule has 0 aliphatic heterocycles. The summed E-state index contributed by atoms with van der Waals surface area (Å²) < 4.78 is 2.03. The van der Waals surface area contributed by atoms with Gasteiger partial charge in [-0.25, -0.2) is 0 Å². The minimum atomic E-state index is 0.560. The summed E-state index contributed by atoms with van der Waals surface area (Å²) in [5.74, 6) is 2.37. The average Bonchev–Trinajstić information content (AvgIpc) is 2.67. The van der Waals surface area contributed by atoms with E-state index in [9.17, 15) is 0 Å². The molecule has 0 aliphatic carbocycles. The summed E-state index contributed by atoms with van der Waals surface area (Å²) in [6, 6.07) is 2.80. The van der Waals surface area contributed by atoms with Crippen LogP contribution in [0.5, 0.6) is 0 Å². The summed E-state index contributed by atoms with van der Waals surface area (Å²) in [4.78, 5) is 0. The number of hydrogen-bond acceptors (Lipinski definition) is 3. The van der Waals surface area contributed by atoms with E-state index in [0.29, 0.717) is 6.04 Å². The lowest BCUT2D eigenvalue weighted by Crippen LogP contribution is -2.33. The van der Waals surface area contributed by atoms with Crippen molar-refractivity contribution in [2.45, 2.75) is 39.7 Å². The van der Waals surface area contributed by atoms with Crippen molar-refractivity contribution in [3.8, 4) is 0 Å². The maximum atomic E-state index is 4.50. The molecule has 17 heavy (non-hydrogen) atoms. The molecule has 1 atom stereocenters. The van der Waals surface area contributed by atoms with Crippen LogP contribution in [-0.4, -0.2) is 33.9 Å². The van der Waals surface area contributed by atoms with Gasteiger partial charge in [-0.3, -0.25) is 4.68 Å². The molecule has 0 amide bonds. The molecule has 0 aliphatic rings. The standard InChI is InChI=1S/C13H25N3S/c1-5-11-8-13(16(4)15-11)9-12(14-6-2)10-17-7-3/h8,12,14H,5-7,9-10H2,1-4H3. The number of aromatic nitrogens is 2. The van der Waals surface area contributed by atoms with E-state index in [0.717, 1.165) is 19.4 Å². The topological polar surface area (TPSA) is 29.9 Å². The molecule has 1 N–H and O–H groups in total. The molecule has 1 heterocycles. The predicted octanol–water partition coefficient (Wildman–Crippen LogP) is 2.26. The summed E-state index contributed by atoms with van der Waals surface area (Å²) in [6.07, 6.45) is 2.09. The molecule has 98 valence electrons. The lowest BCUT2D eigenvalue weighted by Gasteiger charge is -2.17. The van der Waals surface area contributed by atoms with Crippen molar-refractivity contribution in [2.24, 2.45) is 7.05 Å². The van der Waals surface area contributed by atoms with Gasteiger partial charge in [0.25, 0.3) is 0 Å². The number of likely N-dealkylation sites (N-methyl/N-ethyl adjacent to an activating group) is 1. The highest BCUT2D eigenvalue weighted by Crippen LogP contribution is 2.10. The van der Waals surface area contributed by atoms with E-state index in [1.807, 2.05) is 23.5 Å². The van der Waals surface area contributed by atoms with Crippen LogP contribution in [0.25, 0.3) is 0 Å². The molecule has 1 aromatic heterocycles. The van der Waals surface area contributed by atoms with Crippen LogP contribution >= 0.6 is 11.8 Å². The number of aryl methyl sites for hydroxylation is 2. The molecule has 1 aromatic rings. The molecule has 0 spiro atoms. The van der Waals surface area contributed by atoms with Crippen LogP contribution in [0.1, 0.15) is 32.2 Å². The molecule has 0 bridgehead atoms. The van der Waals surface area contributed by atoms with Crippen LogP contribution in [0.15, 0.2) is 6.07 Å². The zero-order valence-corrected chi connectivity index (χ0v) is 12.3. The summed E-state index contributed by atoms with van der Waals surface area (Å²) in [7, 11) is 2.05. The fourth-order valence-corrected chi connectivity index (χ4v) is 2.68. The molecule has 0 radical (unpaired) electrons. The van der Waals surface area contributed by atoms with E-state index in [4.69, 9.17) is 0 Å². The Morgan fingerprint density at radius 2 is 2.18 bits per heavy atom. The third-order valence-corrected chi connectivity index (χ3v) is 3.91. The first kappa shape index (κ1) is 14.6. The highest BCUT2D eigenvalue weighted by molar-refractivity contribution is 7.99. The molecule has 1 unspecified atom stereocenters. The highest BCUT2D eigenvalue weighted by atomic mass is 32.2. The zero-order valence-electron chi connectivity index (χ0n) is 11.5. The third kappa shape index (κ3) is 4.72. The zero-order chi connectivity index (χ0) is 12.7. The van der Waals surface area contributed by atoms with E-state index >= 15 is 0 Å². The van der Waals surface area contributed by atoms with Crippen LogP contribution in [-0.2, 0) is 19.9 Å². The predicted molar refractivity (Wildman–Crippen MR) is 76.8 cm³/mol. The van der Waals surface area contributed by atoms with Gasteiger partial charge in [-0.2, -0.15) is 16.9 Å². The Kier molecular flexibility index (Phi) is 6.66. The Morgan fingerprint density at radius 1 is 1.41 bits per heavy atom. The van der Waals surface area contributed by atoms with E-state index in [2.05, 4.69) is 37.3 Å². The van der Waals surface area contributed by atoms with Crippen molar-refractivity contribution >= 4 is 11.8 Å². The first-order valence-corrected chi connectivity index (χ1v) is 7.69. The van der Waals surface area contributed by atoms with Crippen molar-refractivity contribution in [1.29, 1.82) is 0 Å². The molecular formula is C13H25N3S. The van der Waals surface area contributed by atoms with E-state index in [-0.39, 0.29) is 0 Å². The van der Waals surface area contributed by atoms with Crippen LogP contribution in [0.3, 0.4) is 0 Å². The van der Waals surface area contributed by atoms with E-state index < -0.39 is 0 Å². The average molecular weight is 255 g/mol. The molecular weight excluding hydrogens is 230 g/mol. The number of rotatable bonds is 8. The van der Waals surface area contributed by atoms with Crippen molar-refractivity contribution in [2.75, 3.05) is 18.1 Å². The Balaban J connectivity index is 2.60. The van der Waals surface area contributed by atoms with Crippen LogP contribution < -0.4 is 5.32 Å². The van der Waals surface area contributed by atoms with Crippen LogP contribution in [0.2, 0.25) is 0 Å². The fourth-order valence-electron chi connectivity index (χ4n) is 1.93. The molecule has 0 saturated carbocycles. The van der Waals surface area contributed by atoms with Gasteiger partial charge in [0.2, 0.25) is 0 Å². The van der Waals surface area contributed by atoms with Gasteiger partial charge in [-0.1, -0.05) is 20.8 Å². The van der Waals surface area contributed by atoms with Gasteiger partial charge in [-0.15, -0.1) is 0 Å². The maximum Gasteiger partial charge on any atom is 0.0624 e. The van der Waals surface area contributed by atoms with E-state index in [1.54, 1.807) is 0 Å². The van der Waals surface area contributed by atoms with Crippen molar-refractivity contribution in [3.63, 3.8) is 0 Å². The molecule has 0 fully saturated rings. The second-order valence-electron chi connectivity index (χ2n) is 4.22. The van der Waals surface area contributed by atoms with Gasteiger partial charge >= 0.3 is 0 Å². The molecule has 4 heteroatoms. The lowest BCUT2D eigenvalue weighted by atomic mass is 10.1. The van der Waals surface area contributed by atoms with Gasteiger partial charge in [-0.05, 0) is 24.8 Å². The van der Waals surface area contributed by atoms with Gasteiger partial charge in [0.05, 0.1) is 5.69 Å². The summed E-state index contributed by atoms with van der Waals surface area (Å²) in [5.41, 5.74) is 2.53. The lowest BCUT2D eigenvalue weighted by molar-refractivity contribution is 0.549. The largest absolute Gasteiger partial charge is 0.313 e. The Labute approximate surface area is 109 Å². The minimum absolute atomic E-state index is 0.560. The fraction of sp³-hybridized carbons (Fsp3) is 0.769. The monoisotopic (exact) mass is 255 g/mol. The Bertz CT molecular complexity index is 322. The SMILES string of the molecule is CCNC(CSCC)Cc1cc(CC)nn1C. The molecule has 3 nitrogen and oxygen atoms in total. The third-order valence-electron chi connectivity index (χ3n) is 2.86. The second kappa shape index (κ2) is 7.77. The van der Waals surface area contributed by atoms with Gasteiger partial charge in [0, 0.05) is 31.0 Å². The minimum Gasteiger partial charge on any atom is -0.313 e. The molecule has 1 rings (SSSR count). The van der Waals surface area contributed by atoms with Crippen molar-refractivity contribution < 1.29 is 0 Å². The van der Waals surface area contributed by atoms with Gasteiger partial charge in [0.1, 0.15) is 0 Å². The quantitative estimate of drug-likeness (QED) is 0.773. The number of nitrogens with one attached hydrogen (secondary N) is 1. The van der Waals surface area contributed by atoms with Crippen LogP contribution in [0, 0.1) is 0 Å². The summed E-state index contributed by atoms with van der Waals surface area (Å²) >= 11 is 2.00. The van der Waals surface area contributed by atoms with E-state index in [1.165, 1.54) is 22.9 Å². The number of hydrogen-bond donors (Lipinski definition) is 1. The molecule has 0 saturated heterocycles. The van der Waals surface area contributed by atoms with Crippen molar-refractivity contribution in [1.82, 2.24) is 15.1 Å². The summed E-state index contributed by atoms with van der Waals surface area (Å²) in [5, 5.41) is 8.06. The Hall–Kier alpha value is -0.480. The smallest absolute Gasteiger partial charge is 0.0624 e.